The fraction of sp³-hybridized carbons (Fsp3) is 0.909. The minimum absolute atomic E-state index is 0.150. The molecule has 0 radical (unpaired) electrons. The molecule has 0 saturated carbocycles. The molecule has 0 fully saturated rings. The van der Waals surface area contributed by atoms with Crippen molar-refractivity contribution >= 4 is 5.96 Å². The molecule has 0 aliphatic carbocycles. The van der Waals surface area contributed by atoms with Gasteiger partial charge in [-0.25, -0.2) is 0 Å². The molecule has 0 aromatic rings. The summed E-state index contributed by atoms with van der Waals surface area (Å²) in [6.07, 6.45) is 1.32. The van der Waals surface area contributed by atoms with Crippen molar-refractivity contribution in [3.05, 3.63) is 0 Å². The minimum atomic E-state index is 0.150. The number of hydrogen-bond donors (Lipinski definition) is 2. The molecule has 0 amide bonds. The van der Waals surface area contributed by atoms with Crippen molar-refractivity contribution in [2.45, 2.75) is 33.3 Å². The van der Waals surface area contributed by atoms with Gasteiger partial charge in [0.2, 0.25) is 0 Å². The minimum Gasteiger partial charge on any atom is -0.379 e. The number of guanidine groups is 1. The molecule has 1 rings (SSSR count). The number of aliphatic imine (C=N–C) groups is 1. The van der Waals surface area contributed by atoms with E-state index in [1.165, 1.54) is 0 Å². The van der Waals surface area contributed by atoms with Crippen LogP contribution in [0.1, 0.15) is 27.2 Å². The predicted molar refractivity (Wildman–Crippen MR) is 63.2 cm³/mol. The maximum Gasteiger partial charge on any atom is 0.191 e. The van der Waals surface area contributed by atoms with Crippen LogP contribution in [0.25, 0.3) is 0 Å². The second kappa shape index (κ2) is 5.35. The Morgan fingerprint density at radius 1 is 1.53 bits per heavy atom. The van der Waals surface area contributed by atoms with Gasteiger partial charge in [-0.1, -0.05) is 20.8 Å². The predicted octanol–water partition coefficient (Wildman–Crippen LogP) is 0.986. The van der Waals surface area contributed by atoms with Crippen LogP contribution in [0.4, 0.5) is 0 Å². The lowest BCUT2D eigenvalue weighted by molar-refractivity contribution is 0.0205. The van der Waals surface area contributed by atoms with Gasteiger partial charge < -0.3 is 15.4 Å². The number of hydrogen-bond acceptors (Lipinski definition) is 4. The van der Waals surface area contributed by atoms with Crippen LogP contribution in [0.3, 0.4) is 0 Å². The Balaban J connectivity index is 2.37. The van der Waals surface area contributed by atoms with Crippen LogP contribution in [0.15, 0.2) is 4.99 Å². The smallest absolute Gasteiger partial charge is 0.191 e. The summed E-state index contributed by atoms with van der Waals surface area (Å²) in [4.78, 5) is 4.36. The average molecular weight is 213 g/mol. The Labute approximate surface area is 92.5 Å². The fourth-order valence-electron chi connectivity index (χ4n) is 1.58. The number of rotatable bonds is 3. The van der Waals surface area contributed by atoms with Gasteiger partial charge in [0.25, 0.3) is 0 Å². The number of methoxy groups -OCH3 is 1. The van der Waals surface area contributed by atoms with Gasteiger partial charge in [0, 0.05) is 26.7 Å². The van der Waals surface area contributed by atoms with E-state index < -0.39 is 0 Å². The highest BCUT2D eigenvalue weighted by Crippen LogP contribution is 2.20. The van der Waals surface area contributed by atoms with Gasteiger partial charge >= 0.3 is 0 Å². The third-order valence-corrected chi connectivity index (χ3v) is 2.60. The molecule has 0 saturated heterocycles. The molecule has 15 heavy (non-hydrogen) atoms. The molecule has 0 bridgehead atoms. The van der Waals surface area contributed by atoms with Crippen molar-refractivity contribution < 1.29 is 4.74 Å². The maximum atomic E-state index is 5.46. The van der Waals surface area contributed by atoms with E-state index in [-0.39, 0.29) is 11.5 Å². The first-order valence-electron chi connectivity index (χ1n) is 5.59. The molecule has 88 valence electrons. The Morgan fingerprint density at radius 2 is 2.27 bits per heavy atom. The van der Waals surface area contributed by atoms with Crippen LogP contribution in [-0.2, 0) is 4.74 Å². The van der Waals surface area contributed by atoms with Crippen LogP contribution in [0.2, 0.25) is 0 Å². The topological polar surface area (TPSA) is 45.6 Å². The molecule has 2 N–H and O–H groups in total. The third kappa shape index (κ3) is 4.08. The monoisotopic (exact) mass is 213 g/mol. The summed E-state index contributed by atoms with van der Waals surface area (Å²) in [7, 11) is 1.76. The number of nitrogens with zero attached hydrogens (tertiary/aromatic N) is 1. The summed E-state index contributed by atoms with van der Waals surface area (Å²) in [5.41, 5.74) is 0.150. The molecule has 1 atom stereocenters. The largest absolute Gasteiger partial charge is 0.379 e. The van der Waals surface area contributed by atoms with E-state index in [0.717, 1.165) is 32.0 Å². The molecule has 1 aliphatic heterocycles. The second-order valence-corrected chi connectivity index (χ2v) is 4.98. The van der Waals surface area contributed by atoms with Crippen LogP contribution in [-0.4, -0.2) is 38.8 Å². The first-order valence-corrected chi connectivity index (χ1v) is 5.59. The lowest BCUT2D eigenvalue weighted by atomic mass is 9.89. The van der Waals surface area contributed by atoms with Gasteiger partial charge in [-0.2, -0.15) is 0 Å². The van der Waals surface area contributed by atoms with Crippen LogP contribution >= 0.6 is 0 Å². The molecule has 1 aliphatic rings. The molecular formula is C11H23N3O. The van der Waals surface area contributed by atoms with E-state index >= 15 is 0 Å². The van der Waals surface area contributed by atoms with E-state index in [2.05, 4.69) is 36.4 Å². The quantitative estimate of drug-likeness (QED) is 0.735. The Hall–Kier alpha value is -0.770. The van der Waals surface area contributed by atoms with Crippen LogP contribution < -0.4 is 10.6 Å². The zero-order chi connectivity index (χ0) is 11.3. The summed E-state index contributed by atoms with van der Waals surface area (Å²) in [6, 6.07) is 0. The van der Waals surface area contributed by atoms with Crippen LogP contribution in [0.5, 0.6) is 0 Å². The van der Waals surface area contributed by atoms with E-state index in [0.29, 0.717) is 0 Å². The van der Waals surface area contributed by atoms with E-state index in [4.69, 9.17) is 4.74 Å². The van der Waals surface area contributed by atoms with Gasteiger partial charge in [-0.05, 0) is 11.8 Å². The van der Waals surface area contributed by atoms with Crippen molar-refractivity contribution in [2.24, 2.45) is 10.4 Å². The van der Waals surface area contributed by atoms with Gasteiger partial charge in [-0.3, -0.25) is 4.99 Å². The maximum absolute atomic E-state index is 5.46. The second-order valence-electron chi connectivity index (χ2n) is 4.98. The highest BCUT2D eigenvalue weighted by Gasteiger charge is 2.24. The summed E-state index contributed by atoms with van der Waals surface area (Å²) in [6.45, 7) is 9.27. The average Bonchev–Trinajstić information content (AvgIpc) is 2.18. The van der Waals surface area contributed by atoms with Crippen molar-refractivity contribution in [1.82, 2.24) is 10.6 Å². The summed E-state index contributed by atoms with van der Waals surface area (Å²) in [5.74, 6) is 0.910. The molecule has 1 heterocycles. The molecule has 0 unspecified atom stereocenters. The van der Waals surface area contributed by atoms with Crippen molar-refractivity contribution in [3.8, 4) is 0 Å². The Morgan fingerprint density at radius 3 is 2.73 bits per heavy atom. The van der Waals surface area contributed by atoms with E-state index in [1.807, 2.05) is 0 Å². The van der Waals surface area contributed by atoms with Gasteiger partial charge in [0.15, 0.2) is 5.96 Å². The number of nitrogens with one attached hydrogen (secondary N) is 2. The lowest BCUT2D eigenvalue weighted by Gasteiger charge is -2.30. The zero-order valence-corrected chi connectivity index (χ0v) is 10.3. The first-order chi connectivity index (χ1) is 7.04. The molecule has 0 spiro atoms. The van der Waals surface area contributed by atoms with Gasteiger partial charge in [-0.15, -0.1) is 0 Å². The molecule has 4 nitrogen and oxygen atoms in total. The third-order valence-electron chi connectivity index (χ3n) is 2.60. The lowest BCUT2D eigenvalue weighted by Crippen LogP contribution is -2.46. The van der Waals surface area contributed by atoms with E-state index in [9.17, 15) is 0 Å². The Bertz CT molecular complexity index is 220. The van der Waals surface area contributed by atoms with Crippen molar-refractivity contribution in [2.75, 3.05) is 26.7 Å². The normalized spacial score (nSPS) is 19.1. The van der Waals surface area contributed by atoms with Gasteiger partial charge in [0.05, 0.1) is 6.10 Å². The molecule has 0 aromatic carbocycles. The molecule has 0 aromatic heterocycles. The summed E-state index contributed by atoms with van der Waals surface area (Å²) >= 11 is 0. The highest BCUT2D eigenvalue weighted by atomic mass is 16.5. The fourth-order valence-corrected chi connectivity index (χ4v) is 1.58. The highest BCUT2D eigenvalue weighted by molar-refractivity contribution is 5.80. The first kappa shape index (κ1) is 12.3. The van der Waals surface area contributed by atoms with E-state index in [1.54, 1.807) is 7.11 Å². The van der Waals surface area contributed by atoms with Crippen LogP contribution in [0, 0.1) is 5.41 Å². The van der Waals surface area contributed by atoms with Gasteiger partial charge in [0.1, 0.15) is 0 Å². The zero-order valence-electron chi connectivity index (χ0n) is 10.3. The standard InChI is InChI=1S/C11H23N3O/c1-11(2,3)9(15-4)8-14-10-12-6-5-7-13-10/h9H,5-8H2,1-4H3,(H2,12,13,14)/t9-/m0/s1. The number of ether oxygens (including phenoxy) is 1. The Kier molecular flexibility index (Phi) is 4.39. The molecule has 4 heteroatoms. The SMILES string of the molecule is CO[C@@H](CNC1=NCCCN1)C(C)(C)C. The molecular weight excluding hydrogens is 190 g/mol. The summed E-state index contributed by atoms with van der Waals surface area (Å²) < 4.78 is 5.46. The van der Waals surface area contributed by atoms with Crippen molar-refractivity contribution in [1.29, 1.82) is 0 Å². The van der Waals surface area contributed by atoms with Crippen molar-refractivity contribution in [3.63, 3.8) is 0 Å². The summed E-state index contributed by atoms with van der Waals surface area (Å²) in [5, 5.41) is 6.53.